The molecule has 4 fully saturated rings. The molecule has 12 aromatic rings. The van der Waals surface area contributed by atoms with E-state index in [1.165, 1.54) is 18.2 Å². The molecule has 0 spiro atoms. The maximum absolute atomic E-state index is 16.1. The summed E-state index contributed by atoms with van der Waals surface area (Å²) in [5, 5.41) is 10.2. The van der Waals surface area contributed by atoms with Gasteiger partial charge in [-0.25, -0.2) is 0 Å². The maximum atomic E-state index is 16.1. The van der Waals surface area contributed by atoms with Crippen LogP contribution in [0.5, 0.6) is 51.7 Å². The van der Waals surface area contributed by atoms with E-state index >= 15 is 14.4 Å². The van der Waals surface area contributed by atoms with Crippen molar-refractivity contribution < 1.29 is 57.0 Å². The van der Waals surface area contributed by atoms with Gasteiger partial charge in [0.1, 0.15) is 74.1 Å². The average Bonchev–Trinajstić information content (AvgIpc) is 0.685. The number of hydrogen-bond acceptors (Lipinski definition) is 16. The smallest absolute Gasteiger partial charge is 0.271 e. The van der Waals surface area contributed by atoms with Gasteiger partial charge >= 0.3 is 0 Å². The summed E-state index contributed by atoms with van der Waals surface area (Å²) in [6.07, 6.45) is 5.40. The van der Waals surface area contributed by atoms with Gasteiger partial charge in [-0.3, -0.25) is 28.8 Å². The third-order valence-electron chi connectivity index (χ3n) is 22.4. The third kappa shape index (κ3) is 20.7. The quantitative estimate of drug-likeness (QED) is 0.0278. The Kier molecular flexibility index (Phi) is 26.0. The van der Waals surface area contributed by atoms with Crippen molar-refractivity contribution in [2.45, 2.75) is 96.3 Å². The molecule has 3 atom stereocenters. The van der Waals surface area contributed by atoms with Crippen LogP contribution in [0.2, 0.25) is 0 Å². The van der Waals surface area contributed by atoms with E-state index in [2.05, 4.69) is 16.0 Å². The van der Waals surface area contributed by atoms with Crippen LogP contribution >= 0.6 is 0 Å². The van der Waals surface area contributed by atoms with Gasteiger partial charge in [0.05, 0.1) is 19.6 Å². The van der Waals surface area contributed by atoms with Crippen molar-refractivity contribution in [1.29, 1.82) is 0 Å². The minimum atomic E-state index is -0.828. The number of benzene rings is 9. The van der Waals surface area contributed by atoms with Gasteiger partial charge in [0.2, 0.25) is 16.3 Å². The van der Waals surface area contributed by atoms with Gasteiger partial charge in [0.25, 0.3) is 17.7 Å². The summed E-state index contributed by atoms with van der Waals surface area (Å²) in [7, 11) is 0. The first kappa shape index (κ1) is 81.5. The minimum absolute atomic E-state index is 0.0202. The number of carbonyl (C=O) groups excluding carboxylic acids is 3. The second-order valence-corrected chi connectivity index (χ2v) is 31.7. The SMILES string of the molecule is NCC12CC3(CNC(=O)c4c(OCc5ccccc5)c(=O)ccn4CC(COc4ccccc4)Oc4ccccc4)CC(CNC(=O)c4c(OCc5ccccc5)c(=O)ccn4CC(COc4ccccc4)Oc4ccccc4)(C1)CC(CNC(=O)c1c(OCc4ccccc4)c(=O)ccn1CC(COc1ccccc1)Oc1ccccc1)(C2)C3. The van der Waals surface area contributed by atoms with E-state index in [9.17, 15) is 14.4 Å². The number of hydrogen-bond donors (Lipinski definition) is 4. The van der Waals surface area contributed by atoms with E-state index in [0.29, 0.717) is 73.0 Å². The number of pyridine rings is 3. The number of rotatable bonds is 40. The van der Waals surface area contributed by atoms with Gasteiger partial charge in [-0.15, -0.1) is 0 Å². The van der Waals surface area contributed by atoms with E-state index in [4.69, 9.17) is 48.4 Å². The second kappa shape index (κ2) is 38.2. The van der Waals surface area contributed by atoms with Crippen molar-refractivity contribution in [3.05, 3.63) is 374 Å². The summed E-state index contributed by atoms with van der Waals surface area (Å²) < 4.78 is 63.7. The molecule has 614 valence electrons. The zero-order valence-corrected chi connectivity index (χ0v) is 66.7. The van der Waals surface area contributed by atoms with Crippen molar-refractivity contribution in [1.82, 2.24) is 29.7 Å². The summed E-state index contributed by atoms with van der Waals surface area (Å²) in [6, 6.07) is 88.1. The van der Waals surface area contributed by atoms with Crippen LogP contribution in [0.4, 0.5) is 0 Å². The molecule has 3 aromatic heterocycles. The Morgan fingerprint density at radius 3 is 0.767 bits per heavy atom. The molecule has 16 rings (SSSR count). The lowest BCUT2D eigenvalue weighted by atomic mass is 9.35. The van der Waals surface area contributed by atoms with Crippen LogP contribution in [-0.4, -0.2) is 95.7 Å². The van der Waals surface area contributed by atoms with Crippen LogP contribution in [0.25, 0.3) is 0 Å². The molecule has 22 nitrogen and oxygen atoms in total. The Morgan fingerprint density at radius 2 is 0.525 bits per heavy atom. The molecule has 4 aliphatic rings. The lowest BCUT2D eigenvalue weighted by molar-refractivity contribution is -0.192. The standard InChI is InChI=1S/C98H97N7O15/c99-67-95-61-96(68-100-92(109)86-89(115-55-71-28-10-1-11-29-71)83(106)46-49-103(86)52-80(118-77-40-22-7-23-41-77)58-112-74-34-16-4-17-35-74)64-97(62-95,69-101-93(110)87-90(116-56-72-30-12-2-13-31-72)84(107)47-50-104(87)53-81(119-78-42-24-8-25-43-78)59-113-75-36-18-5-19-37-75)66-98(63-95,65-96)70-102-94(111)88-91(117-57-73-32-14-3-15-33-73)85(108)48-51-105(88)54-82(120-79-44-26-9-27-45-79)60-114-76-38-20-6-21-39-76/h1-51,80-82H,52-70,99H2,(H,100,109)(H,101,110)(H,102,111). The van der Waals surface area contributed by atoms with Crippen LogP contribution in [0.1, 0.15) is 86.7 Å². The molecule has 22 heteroatoms. The number of nitrogens with two attached hydrogens (primary N) is 1. The summed E-state index contributed by atoms with van der Waals surface area (Å²) in [6.45, 7) is 0.367. The van der Waals surface area contributed by atoms with Gasteiger partial charge in [-0.2, -0.15) is 0 Å². The van der Waals surface area contributed by atoms with Crippen molar-refractivity contribution in [3.8, 4) is 51.7 Å². The Bertz CT molecular complexity index is 5030. The number of ether oxygens (including phenoxy) is 9. The molecule has 4 bridgehead atoms. The van der Waals surface area contributed by atoms with Crippen LogP contribution < -0.4 is 80.6 Å². The van der Waals surface area contributed by atoms with Crippen molar-refractivity contribution in [2.75, 3.05) is 46.0 Å². The minimum Gasteiger partial charge on any atom is -0.490 e. The summed E-state index contributed by atoms with van der Waals surface area (Å²) >= 11 is 0. The number of aromatic nitrogens is 3. The predicted octanol–water partition coefficient (Wildman–Crippen LogP) is 14.4. The summed E-state index contributed by atoms with van der Waals surface area (Å²) in [4.78, 5) is 92.0. The molecular weight excluding hydrogens is 1520 g/mol. The molecule has 3 unspecified atom stereocenters. The number of amides is 3. The lowest BCUT2D eigenvalue weighted by Gasteiger charge is -2.71. The highest BCUT2D eigenvalue weighted by Gasteiger charge is 2.68. The average molecular weight is 1610 g/mol. The topological polar surface area (TPSA) is 262 Å². The molecule has 5 N–H and O–H groups in total. The third-order valence-corrected chi connectivity index (χ3v) is 22.4. The fraction of sp³-hybridized carbons (Fsp3) is 0.265. The molecule has 4 saturated carbocycles. The molecule has 120 heavy (non-hydrogen) atoms. The maximum Gasteiger partial charge on any atom is 0.271 e. The summed E-state index contributed by atoms with van der Waals surface area (Å²) in [5.74, 6) is 1.13. The Morgan fingerprint density at radius 1 is 0.300 bits per heavy atom. The second-order valence-electron chi connectivity index (χ2n) is 31.7. The zero-order valence-electron chi connectivity index (χ0n) is 66.7. The molecule has 0 saturated heterocycles. The first-order valence-electron chi connectivity index (χ1n) is 40.6. The van der Waals surface area contributed by atoms with Crippen LogP contribution in [0, 0.1) is 21.7 Å². The van der Waals surface area contributed by atoms with Gasteiger partial charge in [0.15, 0.2) is 52.6 Å². The lowest BCUT2D eigenvalue weighted by Crippen LogP contribution is -2.68. The molecule has 0 radical (unpaired) electrons. The van der Waals surface area contributed by atoms with E-state index in [0.717, 1.165) is 16.7 Å². The molecule has 3 amide bonds. The van der Waals surface area contributed by atoms with Crippen LogP contribution in [0.3, 0.4) is 0 Å². The van der Waals surface area contributed by atoms with Crippen LogP contribution in [0.15, 0.2) is 324 Å². The molecule has 4 aliphatic carbocycles. The fourth-order valence-corrected chi connectivity index (χ4v) is 18.0. The van der Waals surface area contributed by atoms with Gasteiger partial charge in [0, 0.05) is 56.4 Å². The Balaban J connectivity index is 0.799. The van der Waals surface area contributed by atoms with Gasteiger partial charge < -0.3 is 78.0 Å². The van der Waals surface area contributed by atoms with E-state index in [-0.39, 0.29) is 120 Å². The molecule has 3 heterocycles. The summed E-state index contributed by atoms with van der Waals surface area (Å²) in [5.41, 5.74) is 4.67. The number of nitrogens with one attached hydrogen (secondary N) is 3. The Labute approximate surface area is 696 Å². The highest BCUT2D eigenvalue weighted by atomic mass is 16.5. The molecule has 0 aliphatic heterocycles. The van der Waals surface area contributed by atoms with E-state index in [1.54, 1.807) is 32.3 Å². The molecular formula is C98H97N7O15. The van der Waals surface area contributed by atoms with Crippen molar-refractivity contribution >= 4 is 17.7 Å². The number of para-hydroxylation sites is 6. The first-order valence-corrected chi connectivity index (χ1v) is 40.6. The van der Waals surface area contributed by atoms with Crippen LogP contribution in [-0.2, 0) is 39.5 Å². The van der Waals surface area contributed by atoms with Gasteiger partial charge in [-0.05, 0) is 156 Å². The highest BCUT2D eigenvalue weighted by molar-refractivity contribution is 5.96. The fourth-order valence-electron chi connectivity index (χ4n) is 18.0. The van der Waals surface area contributed by atoms with E-state index in [1.807, 2.05) is 273 Å². The highest BCUT2D eigenvalue weighted by Crippen LogP contribution is 2.73. The zero-order chi connectivity index (χ0) is 82.6. The number of nitrogens with zero attached hydrogens (tertiary/aromatic N) is 3. The van der Waals surface area contributed by atoms with Crippen molar-refractivity contribution in [2.24, 2.45) is 27.4 Å². The molecule has 9 aromatic carbocycles. The predicted molar refractivity (Wildman–Crippen MR) is 456 cm³/mol. The Hall–Kier alpha value is -13.6. The monoisotopic (exact) mass is 1610 g/mol. The number of carbonyl (C=O) groups is 3. The van der Waals surface area contributed by atoms with E-state index < -0.39 is 74.0 Å². The normalized spacial score (nSPS) is 18.2. The van der Waals surface area contributed by atoms with Crippen molar-refractivity contribution in [3.63, 3.8) is 0 Å². The first-order chi connectivity index (χ1) is 58.6. The van der Waals surface area contributed by atoms with Gasteiger partial charge in [-0.1, -0.05) is 200 Å². The largest absolute Gasteiger partial charge is 0.490 e.